The van der Waals surface area contributed by atoms with Gasteiger partial charge in [-0.15, -0.1) is 0 Å². The molecule has 0 fully saturated rings. The number of hydrazine groups is 1. The van der Waals surface area contributed by atoms with Gasteiger partial charge in [-0.05, 0) is 26.0 Å². The second-order valence-corrected chi connectivity index (χ2v) is 3.98. The molecule has 0 radical (unpaired) electrons. The molecule has 2 amide bonds. The number of rotatable bonds is 5. The van der Waals surface area contributed by atoms with Gasteiger partial charge in [0.1, 0.15) is 5.69 Å². The van der Waals surface area contributed by atoms with Crippen LogP contribution in [0.15, 0.2) is 18.3 Å². The van der Waals surface area contributed by atoms with Crippen molar-refractivity contribution in [3.05, 3.63) is 24.0 Å². The first-order chi connectivity index (χ1) is 8.52. The maximum atomic E-state index is 11.6. The minimum atomic E-state index is -0.405. The molecule has 1 heterocycles. The molecule has 1 rings (SSSR count). The molecule has 0 aromatic carbocycles. The van der Waals surface area contributed by atoms with Crippen molar-refractivity contribution in [3.8, 4) is 0 Å². The molecule has 7 nitrogen and oxygen atoms in total. The third-order valence-corrected chi connectivity index (χ3v) is 2.02. The molecule has 0 aliphatic heterocycles. The fourth-order valence-electron chi connectivity index (χ4n) is 1.24. The highest BCUT2D eigenvalue weighted by atomic mass is 16.2. The van der Waals surface area contributed by atoms with Crippen molar-refractivity contribution in [2.24, 2.45) is 5.84 Å². The summed E-state index contributed by atoms with van der Waals surface area (Å²) in [5.41, 5.74) is 3.24. The van der Waals surface area contributed by atoms with Gasteiger partial charge in [0.15, 0.2) is 0 Å². The van der Waals surface area contributed by atoms with E-state index in [-0.39, 0.29) is 24.2 Å². The zero-order chi connectivity index (χ0) is 13.5. The Morgan fingerprint density at radius 1 is 1.39 bits per heavy atom. The molecule has 0 saturated heterocycles. The number of carbonyl (C=O) groups is 2. The highest BCUT2D eigenvalue weighted by Crippen LogP contribution is 2.03. The number of hydrogen-bond donors (Lipinski definition) is 4. The van der Waals surface area contributed by atoms with Gasteiger partial charge in [-0.25, -0.2) is 4.98 Å². The second-order valence-electron chi connectivity index (χ2n) is 3.98. The van der Waals surface area contributed by atoms with Crippen molar-refractivity contribution in [2.45, 2.75) is 19.9 Å². The predicted molar refractivity (Wildman–Crippen MR) is 67.7 cm³/mol. The van der Waals surface area contributed by atoms with Crippen LogP contribution in [0.3, 0.4) is 0 Å². The van der Waals surface area contributed by atoms with E-state index in [1.165, 1.54) is 12.3 Å². The van der Waals surface area contributed by atoms with Crippen molar-refractivity contribution in [1.29, 1.82) is 0 Å². The number of nitrogen functional groups attached to an aromatic ring is 1. The molecule has 0 bridgehead atoms. The normalized spacial score (nSPS) is 10.0. The smallest absolute Gasteiger partial charge is 0.270 e. The number of nitrogens with two attached hydrogens (primary N) is 1. The van der Waals surface area contributed by atoms with Gasteiger partial charge in [-0.1, -0.05) is 0 Å². The summed E-state index contributed by atoms with van der Waals surface area (Å²) in [6, 6.07) is 3.18. The summed E-state index contributed by atoms with van der Waals surface area (Å²) in [7, 11) is 0. The zero-order valence-electron chi connectivity index (χ0n) is 10.4. The summed E-state index contributed by atoms with van der Waals surface area (Å²) < 4.78 is 0. The maximum Gasteiger partial charge on any atom is 0.270 e. The fraction of sp³-hybridized carbons (Fsp3) is 0.364. The van der Waals surface area contributed by atoms with Gasteiger partial charge >= 0.3 is 0 Å². The molecule has 0 spiro atoms. The van der Waals surface area contributed by atoms with Gasteiger partial charge in [0.05, 0.1) is 18.4 Å². The molecule has 98 valence electrons. The molecular formula is C11H17N5O2. The molecule has 0 saturated carbocycles. The second kappa shape index (κ2) is 6.55. The standard InChI is InChI=1S/C11H17N5O2/c1-7(2)15-10(17)6-14-11(18)9-4-3-8(16-12)5-13-9/h3-5,7,16H,6,12H2,1-2H3,(H,14,18)(H,15,17). The van der Waals surface area contributed by atoms with E-state index in [9.17, 15) is 9.59 Å². The highest BCUT2D eigenvalue weighted by Gasteiger charge is 2.09. The first-order valence-electron chi connectivity index (χ1n) is 5.53. The third kappa shape index (κ3) is 4.38. The van der Waals surface area contributed by atoms with E-state index in [1.54, 1.807) is 6.07 Å². The van der Waals surface area contributed by atoms with Crippen LogP contribution in [-0.2, 0) is 4.79 Å². The van der Waals surface area contributed by atoms with Crippen molar-refractivity contribution < 1.29 is 9.59 Å². The Kier molecular flexibility index (Phi) is 5.06. The lowest BCUT2D eigenvalue weighted by molar-refractivity contribution is -0.120. The summed E-state index contributed by atoms with van der Waals surface area (Å²) in [6.45, 7) is 3.62. The largest absolute Gasteiger partial charge is 0.352 e. The van der Waals surface area contributed by atoms with E-state index in [0.29, 0.717) is 5.69 Å². The van der Waals surface area contributed by atoms with E-state index in [4.69, 9.17) is 5.84 Å². The molecule has 0 aliphatic rings. The number of carbonyl (C=O) groups excluding carboxylic acids is 2. The first-order valence-corrected chi connectivity index (χ1v) is 5.53. The van der Waals surface area contributed by atoms with Gasteiger partial charge < -0.3 is 16.1 Å². The summed E-state index contributed by atoms with van der Waals surface area (Å²) in [5, 5.41) is 5.14. The Labute approximate surface area is 105 Å². The Hall–Kier alpha value is -2.15. The van der Waals surface area contributed by atoms with Crippen LogP contribution in [0.2, 0.25) is 0 Å². The predicted octanol–water partition coefficient (Wildman–Crippen LogP) is -0.378. The Bertz CT molecular complexity index is 416. The number of anilines is 1. The van der Waals surface area contributed by atoms with E-state index in [2.05, 4.69) is 21.0 Å². The van der Waals surface area contributed by atoms with Gasteiger partial charge in [-0.2, -0.15) is 0 Å². The number of amides is 2. The number of nitrogens with zero attached hydrogens (tertiary/aromatic N) is 1. The minimum absolute atomic E-state index is 0.0439. The molecule has 5 N–H and O–H groups in total. The molecule has 0 atom stereocenters. The lowest BCUT2D eigenvalue weighted by Gasteiger charge is -2.09. The van der Waals surface area contributed by atoms with Crippen LogP contribution in [0.5, 0.6) is 0 Å². The summed E-state index contributed by atoms with van der Waals surface area (Å²) in [4.78, 5) is 26.8. The number of hydrogen-bond acceptors (Lipinski definition) is 5. The monoisotopic (exact) mass is 251 g/mol. The van der Waals surface area contributed by atoms with Gasteiger partial charge in [-0.3, -0.25) is 15.4 Å². The molecule has 1 aromatic heterocycles. The highest BCUT2D eigenvalue weighted by molar-refractivity contribution is 5.95. The van der Waals surface area contributed by atoms with Crippen molar-refractivity contribution >= 4 is 17.5 Å². The van der Waals surface area contributed by atoms with Crippen molar-refractivity contribution in [2.75, 3.05) is 12.0 Å². The van der Waals surface area contributed by atoms with Crippen LogP contribution in [0.1, 0.15) is 24.3 Å². The third-order valence-electron chi connectivity index (χ3n) is 2.02. The van der Waals surface area contributed by atoms with Crippen LogP contribution in [0.4, 0.5) is 5.69 Å². The molecule has 0 aliphatic carbocycles. The maximum absolute atomic E-state index is 11.6. The van der Waals surface area contributed by atoms with E-state index < -0.39 is 5.91 Å². The number of pyridine rings is 1. The molecule has 1 aromatic rings. The van der Waals surface area contributed by atoms with Crippen molar-refractivity contribution in [3.63, 3.8) is 0 Å². The Morgan fingerprint density at radius 2 is 2.11 bits per heavy atom. The van der Waals surface area contributed by atoms with Crippen LogP contribution in [0.25, 0.3) is 0 Å². The van der Waals surface area contributed by atoms with Crippen LogP contribution < -0.4 is 21.9 Å². The summed E-state index contributed by atoms with van der Waals surface area (Å²) in [5.74, 6) is 4.53. The average molecular weight is 251 g/mol. The Balaban J connectivity index is 2.47. The van der Waals surface area contributed by atoms with E-state index in [0.717, 1.165) is 0 Å². The lowest BCUT2D eigenvalue weighted by atomic mass is 10.3. The molecule has 0 unspecified atom stereocenters. The topological polar surface area (TPSA) is 109 Å². The molecular weight excluding hydrogens is 234 g/mol. The van der Waals surface area contributed by atoms with Gasteiger partial charge in [0, 0.05) is 6.04 Å². The molecule has 7 heteroatoms. The van der Waals surface area contributed by atoms with Gasteiger partial charge in [0.25, 0.3) is 5.91 Å². The van der Waals surface area contributed by atoms with E-state index >= 15 is 0 Å². The average Bonchev–Trinajstić information content (AvgIpc) is 2.35. The minimum Gasteiger partial charge on any atom is -0.352 e. The molecule has 18 heavy (non-hydrogen) atoms. The van der Waals surface area contributed by atoms with Crippen LogP contribution in [-0.4, -0.2) is 29.4 Å². The lowest BCUT2D eigenvalue weighted by Crippen LogP contribution is -2.40. The number of aromatic nitrogens is 1. The van der Waals surface area contributed by atoms with Gasteiger partial charge in [0.2, 0.25) is 5.91 Å². The Morgan fingerprint density at radius 3 is 2.61 bits per heavy atom. The van der Waals surface area contributed by atoms with E-state index in [1.807, 2.05) is 13.8 Å². The summed E-state index contributed by atoms with van der Waals surface area (Å²) in [6.07, 6.45) is 1.43. The first kappa shape index (κ1) is 13.9. The summed E-state index contributed by atoms with van der Waals surface area (Å²) >= 11 is 0. The SMILES string of the molecule is CC(C)NC(=O)CNC(=O)c1ccc(NN)cn1. The fourth-order valence-corrected chi connectivity index (χ4v) is 1.24. The number of nitrogens with one attached hydrogen (secondary N) is 3. The zero-order valence-corrected chi connectivity index (χ0v) is 10.4. The van der Waals surface area contributed by atoms with Crippen LogP contribution in [0, 0.1) is 0 Å². The van der Waals surface area contributed by atoms with Crippen molar-refractivity contribution in [1.82, 2.24) is 15.6 Å². The quantitative estimate of drug-likeness (QED) is 0.421. The van der Waals surface area contributed by atoms with Crippen LogP contribution >= 0.6 is 0 Å².